The number of ether oxygens (including phenoxy) is 1. The number of anilines is 2. The first kappa shape index (κ1) is 11.1. The second-order valence-corrected chi connectivity index (χ2v) is 3.91. The molecule has 0 bridgehead atoms. The second kappa shape index (κ2) is 4.61. The van der Waals surface area contributed by atoms with Gasteiger partial charge in [-0.05, 0) is 19.8 Å². The molecule has 6 heteroatoms. The van der Waals surface area contributed by atoms with Crippen molar-refractivity contribution in [2.75, 3.05) is 17.7 Å². The molecule has 2 atom stereocenters. The highest BCUT2D eigenvalue weighted by Gasteiger charge is 2.23. The fourth-order valence-electron chi connectivity index (χ4n) is 1.79. The average molecular weight is 226 g/mol. The summed E-state index contributed by atoms with van der Waals surface area (Å²) in [6, 6.07) is 0.00583. The number of nitrogens with one attached hydrogen (secondary N) is 1. The van der Waals surface area contributed by atoms with Gasteiger partial charge in [0, 0.05) is 6.61 Å². The summed E-state index contributed by atoms with van der Waals surface area (Å²) in [4.78, 5) is 7.37. The summed E-state index contributed by atoms with van der Waals surface area (Å²) < 4.78 is 18.8. The lowest BCUT2D eigenvalue weighted by Crippen LogP contribution is -2.31. The molecule has 0 aromatic carbocycles. The highest BCUT2D eigenvalue weighted by molar-refractivity contribution is 5.40. The van der Waals surface area contributed by atoms with Crippen molar-refractivity contribution in [1.29, 1.82) is 0 Å². The van der Waals surface area contributed by atoms with Gasteiger partial charge in [0.05, 0.1) is 18.3 Å². The molecule has 1 fully saturated rings. The smallest absolute Gasteiger partial charge is 0.222 e. The van der Waals surface area contributed by atoms with Crippen molar-refractivity contribution in [1.82, 2.24) is 9.97 Å². The number of nitrogen functional groups attached to an aromatic ring is 1. The molecule has 2 rings (SSSR count). The van der Waals surface area contributed by atoms with Gasteiger partial charge < -0.3 is 15.8 Å². The monoisotopic (exact) mass is 226 g/mol. The summed E-state index contributed by atoms with van der Waals surface area (Å²) in [5, 5.41) is 2.96. The molecule has 1 aliphatic rings. The van der Waals surface area contributed by atoms with Crippen LogP contribution < -0.4 is 11.1 Å². The Labute approximate surface area is 93.2 Å². The zero-order valence-corrected chi connectivity index (χ0v) is 9.11. The minimum Gasteiger partial charge on any atom is -0.376 e. The highest BCUT2D eigenvalue weighted by atomic mass is 19.1. The summed E-state index contributed by atoms with van der Waals surface area (Å²) >= 11 is 0. The van der Waals surface area contributed by atoms with Crippen LogP contribution in [-0.2, 0) is 4.74 Å². The van der Waals surface area contributed by atoms with Crippen LogP contribution >= 0.6 is 0 Å². The summed E-state index contributed by atoms with van der Waals surface area (Å²) in [6.45, 7) is 2.71. The maximum Gasteiger partial charge on any atom is 0.222 e. The summed E-state index contributed by atoms with van der Waals surface area (Å²) in [7, 11) is 0. The lowest BCUT2D eigenvalue weighted by Gasteiger charge is -2.20. The number of nitrogens with two attached hydrogens (primary N) is 1. The van der Waals surface area contributed by atoms with Crippen molar-refractivity contribution < 1.29 is 9.13 Å². The number of aromatic nitrogens is 2. The molecule has 5 nitrogen and oxygen atoms in total. The molecular formula is C10H15FN4O. The Morgan fingerprint density at radius 1 is 1.69 bits per heavy atom. The van der Waals surface area contributed by atoms with E-state index in [4.69, 9.17) is 10.5 Å². The topological polar surface area (TPSA) is 73.1 Å². The third kappa shape index (κ3) is 2.38. The van der Waals surface area contributed by atoms with E-state index < -0.39 is 5.82 Å². The lowest BCUT2D eigenvalue weighted by atomic mass is 10.1. The highest BCUT2D eigenvalue weighted by Crippen LogP contribution is 2.19. The number of nitrogens with zero attached hydrogens (tertiary/aromatic N) is 2. The van der Waals surface area contributed by atoms with Crippen molar-refractivity contribution in [2.45, 2.75) is 31.9 Å². The van der Waals surface area contributed by atoms with E-state index in [1.54, 1.807) is 0 Å². The fourth-order valence-corrected chi connectivity index (χ4v) is 1.79. The molecule has 1 aromatic rings. The van der Waals surface area contributed by atoms with E-state index in [9.17, 15) is 4.39 Å². The molecule has 88 valence electrons. The van der Waals surface area contributed by atoms with Crippen LogP contribution in [0.1, 0.15) is 19.8 Å². The molecule has 1 aromatic heterocycles. The van der Waals surface area contributed by atoms with Crippen LogP contribution in [0.25, 0.3) is 0 Å². The maximum atomic E-state index is 13.3. The molecule has 1 saturated heterocycles. The van der Waals surface area contributed by atoms with Gasteiger partial charge in [-0.2, -0.15) is 4.98 Å². The number of rotatable bonds is 3. The third-order valence-corrected chi connectivity index (χ3v) is 2.65. The van der Waals surface area contributed by atoms with E-state index in [1.807, 2.05) is 6.92 Å². The molecule has 2 heterocycles. The zero-order valence-electron chi connectivity index (χ0n) is 9.11. The minimum absolute atomic E-state index is 0.00583. The van der Waals surface area contributed by atoms with Gasteiger partial charge in [-0.3, -0.25) is 0 Å². The third-order valence-electron chi connectivity index (χ3n) is 2.65. The van der Waals surface area contributed by atoms with Crippen LogP contribution in [0.2, 0.25) is 0 Å². The Hall–Kier alpha value is -1.43. The predicted octanol–water partition coefficient (Wildman–Crippen LogP) is 1.18. The minimum atomic E-state index is -0.501. The van der Waals surface area contributed by atoms with Crippen molar-refractivity contribution in [3.63, 3.8) is 0 Å². The van der Waals surface area contributed by atoms with E-state index in [0.29, 0.717) is 0 Å². The van der Waals surface area contributed by atoms with Gasteiger partial charge in [0.2, 0.25) is 5.95 Å². The Morgan fingerprint density at radius 2 is 2.50 bits per heavy atom. The Bertz CT molecular complexity index is 368. The number of halogens is 1. The van der Waals surface area contributed by atoms with Gasteiger partial charge in [0.25, 0.3) is 0 Å². The van der Waals surface area contributed by atoms with Gasteiger partial charge in [0.15, 0.2) is 11.6 Å². The van der Waals surface area contributed by atoms with Gasteiger partial charge in [-0.15, -0.1) is 0 Å². The van der Waals surface area contributed by atoms with E-state index in [0.717, 1.165) is 25.6 Å². The van der Waals surface area contributed by atoms with Crippen molar-refractivity contribution in [3.8, 4) is 0 Å². The summed E-state index contributed by atoms with van der Waals surface area (Å²) in [5.74, 6) is -0.307. The van der Waals surface area contributed by atoms with Crippen LogP contribution in [0, 0.1) is 5.82 Å². The van der Waals surface area contributed by atoms with Crippen molar-refractivity contribution >= 4 is 11.8 Å². The van der Waals surface area contributed by atoms with Gasteiger partial charge >= 0.3 is 0 Å². The van der Waals surface area contributed by atoms with Gasteiger partial charge in [-0.1, -0.05) is 0 Å². The van der Waals surface area contributed by atoms with E-state index in [2.05, 4.69) is 15.3 Å². The molecule has 3 N–H and O–H groups in total. The number of hydrogen-bond acceptors (Lipinski definition) is 5. The Balaban J connectivity index is 2.04. The quantitative estimate of drug-likeness (QED) is 0.809. The van der Waals surface area contributed by atoms with Crippen molar-refractivity contribution in [3.05, 3.63) is 12.0 Å². The Morgan fingerprint density at radius 3 is 3.19 bits per heavy atom. The molecule has 0 amide bonds. The molecule has 16 heavy (non-hydrogen) atoms. The van der Waals surface area contributed by atoms with Crippen LogP contribution in [0.4, 0.5) is 16.2 Å². The first-order chi connectivity index (χ1) is 7.66. The van der Waals surface area contributed by atoms with Crippen LogP contribution in [-0.4, -0.2) is 28.7 Å². The SMILES string of the molecule is CC(Nc1nc(N)ncc1F)C1CCCO1. The molecule has 0 radical (unpaired) electrons. The maximum absolute atomic E-state index is 13.3. The van der Waals surface area contributed by atoms with Crippen molar-refractivity contribution in [2.24, 2.45) is 0 Å². The van der Waals surface area contributed by atoms with Gasteiger partial charge in [0.1, 0.15) is 0 Å². The molecule has 0 saturated carbocycles. The average Bonchev–Trinajstić information content (AvgIpc) is 2.76. The van der Waals surface area contributed by atoms with Crippen LogP contribution in [0.15, 0.2) is 6.20 Å². The largest absolute Gasteiger partial charge is 0.376 e. The first-order valence-electron chi connectivity index (χ1n) is 5.33. The lowest BCUT2D eigenvalue weighted by molar-refractivity contribution is 0.0995. The molecular weight excluding hydrogens is 211 g/mol. The normalized spacial score (nSPS) is 22.0. The summed E-state index contributed by atoms with van der Waals surface area (Å²) in [5.41, 5.74) is 5.40. The zero-order chi connectivity index (χ0) is 11.5. The summed E-state index contributed by atoms with van der Waals surface area (Å²) in [6.07, 6.45) is 3.20. The van der Waals surface area contributed by atoms with E-state index in [1.165, 1.54) is 0 Å². The second-order valence-electron chi connectivity index (χ2n) is 3.91. The van der Waals surface area contributed by atoms with Crippen LogP contribution in [0.5, 0.6) is 0 Å². The van der Waals surface area contributed by atoms with E-state index >= 15 is 0 Å². The molecule has 0 aliphatic carbocycles. The first-order valence-corrected chi connectivity index (χ1v) is 5.33. The van der Waals surface area contributed by atoms with E-state index in [-0.39, 0.29) is 23.9 Å². The van der Waals surface area contributed by atoms with Crippen LogP contribution in [0.3, 0.4) is 0 Å². The number of hydrogen-bond donors (Lipinski definition) is 2. The standard InChI is InChI=1S/C10H15FN4O/c1-6(8-3-2-4-16-8)14-9-7(11)5-13-10(12)15-9/h5-6,8H,2-4H2,1H3,(H3,12,13,14,15). The molecule has 0 spiro atoms. The fraction of sp³-hybridized carbons (Fsp3) is 0.600. The molecule has 1 aliphatic heterocycles. The Kier molecular flexibility index (Phi) is 3.19. The molecule has 2 unspecified atom stereocenters. The predicted molar refractivity (Wildman–Crippen MR) is 58.5 cm³/mol. The van der Waals surface area contributed by atoms with Gasteiger partial charge in [-0.25, -0.2) is 9.37 Å².